The SMILES string of the molecule is CCOC(=O)/C=C/c1ccc(C=Cc2nc(-c3ccc4ccccc4c3)oc2C)cc1. The van der Waals surface area contributed by atoms with Crippen LogP contribution in [0.1, 0.15) is 29.5 Å². The normalized spacial score (nSPS) is 11.5. The summed E-state index contributed by atoms with van der Waals surface area (Å²) in [4.78, 5) is 16.1. The lowest BCUT2D eigenvalue weighted by molar-refractivity contribution is -0.137. The molecule has 4 aromatic rings. The first-order chi connectivity index (χ1) is 15.1. The van der Waals surface area contributed by atoms with Crippen LogP contribution in [0, 0.1) is 6.92 Å². The van der Waals surface area contributed by atoms with Crippen LogP contribution in [0.2, 0.25) is 0 Å². The van der Waals surface area contributed by atoms with Crippen molar-refractivity contribution >= 4 is 35.0 Å². The van der Waals surface area contributed by atoms with Gasteiger partial charge in [0.05, 0.1) is 6.61 Å². The first-order valence-corrected chi connectivity index (χ1v) is 10.2. The molecule has 0 fully saturated rings. The lowest BCUT2D eigenvalue weighted by atomic mass is 10.1. The molecule has 154 valence electrons. The largest absolute Gasteiger partial charge is 0.463 e. The van der Waals surface area contributed by atoms with E-state index < -0.39 is 0 Å². The minimum absolute atomic E-state index is 0.338. The molecule has 0 aliphatic heterocycles. The van der Waals surface area contributed by atoms with Crippen LogP contribution in [-0.4, -0.2) is 17.6 Å². The summed E-state index contributed by atoms with van der Waals surface area (Å²) in [5.41, 5.74) is 3.72. The van der Waals surface area contributed by atoms with Gasteiger partial charge in [0.25, 0.3) is 0 Å². The Bertz CT molecular complexity index is 1260. The van der Waals surface area contributed by atoms with E-state index in [1.165, 1.54) is 11.5 Å². The Labute approximate surface area is 181 Å². The van der Waals surface area contributed by atoms with Crippen LogP contribution in [0.3, 0.4) is 0 Å². The second kappa shape index (κ2) is 9.26. The van der Waals surface area contributed by atoms with Gasteiger partial charge in [-0.3, -0.25) is 0 Å². The fourth-order valence-corrected chi connectivity index (χ4v) is 3.26. The van der Waals surface area contributed by atoms with Gasteiger partial charge in [-0.1, -0.05) is 60.7 Å². The monoisotopic (exact) mass is 409 g/mol. The lowest BCUT2D eigenvalue weighted by Gasteiger charge is -1.99. The highest BCUT2D eigenvalue weighted by Gasteiger charge is 2.10. The molecule has 1 heterocycles. The zero-order chi connectivity index (χ0) is 21.6. The molecule has 0 aliphatic carbocycles. The van der Waals surface area contributed by atoms with Crippen molar-refractivity contribution in [3.8, 4) is 11.5 Å². The van der Waals surface area contributed by atoms with Gasteiger partial charge in [0.2, 0.25) is 5.89 Å². The Balaban J connectivity index is 1.49. The summed E-state index contributed by atoms with van der Waals surface area (Å²) >= 11 is 0. The van der Waals surface area contributed by atoms with Crippen LogP contribution in [-0.2, 0) is 9.53 Å². The number of esters is 1. The molecule has 0 atom stereocenters. The van der Waals surface area contributed by atoms with E-state index in [0.717, 1.165) is 33.5 Å². The van der Waals surface area contributed by atoms with E-state index in [9.17, 15) is 4.79 Å². The molecule has 0 saturated heterocycles. The van der Waals surface area contributed by atoms with Crippen LogP contribution in [0.4, 0.5) is 0 Å². The standard InChI is InChI=1S/C27H23NO3/c1-3-30-26(29)17-13-21-10-8-20(9-11-21)12-16-25-19(2)31-27(28-25)24-15-14-22-6-4-5-7-23(22)18-24/h4-18H,3H2,1-2H3/b16-12?,17-13+. The summed E-state index contributed by atoms with van der Waals surface area (Å²) < 4.78 is 10.8. The topological polar surface area (TPSA) is 52.3 Å². The van der Waals surface area contributed by atoms with Crippen molar-refractivity contribution in [2.75, 3.05) is 6.61 Å². The number of rotatable bonds is 6. The zero-order valence-corrected chi connectivity index (χ0v) is 17.5. The number of hydrogen-bond donors (Lipinski definition) is 0. The fourth-order valence-electron chi connectivity index (χ4n) is 3.26. The molecule has 0 aliphatic rings. The predicted octanol–water partition coefficient (Wildman–Crippen LogP) is 6.55. The highest BCUT2D eigenvalue weighted by atomic mass is 16.5. The quantitative estimate of drug-likeness (QED) is 0.268. The number of aromatic nitrogens is 1. The van der Waals surface area contributed by atoms with E-state index in [0.29, 0.717) is 12.5 Å². The van der Waals surface area contributed by atoms with Crippen LogP contribution < -0.4 is 0 Å². The molecule has 0 N–H and O–H groups in total. The van der Waals surface area contributed by atoms with Gasteiger partial charge in [0.1, 0.15) is 11.5 Å². The molecule has 3 aromatic carbocycles. The molecule has 0 radical (unpaired) electrons. The Morgan fingerprint density at radius 3 is 2.39 bits per heavy atom. The van der Waals surface area contributed by atoms with Gasteiger partial charge < -0.3 is 9.15 Å². The van der Waals surface area contributed by atoms with Crippen LogP contribution in [0.25, 0.3) is 40.5 Å². The van der Waals surface area contributed by atoms with E-state index in [4.69, 9.17) is 9.15 Å². The van der Waals surface area contributed by atoms with E-state index in [1.807, 2.05) is 61.5 Å². The minimum atomic E-state index is -0.338. The number of benzene rings is 3. The van der Waals surface area contributed by atoms with Crippen molar-refractivity contribution in [1.29, 1.82) is 0 Å². The summed E-state index contributed by atoms with van der Waals surface area (Å²) in [6.45, 7) is 4.08. The van der Waals surface area contributed by atoms with Gasteiger partial charge in [-0.25, -0.2) is 9.78 Å². The van der Waals surface area contributed by atoms with E-state index in [2.05, 4.69) is 29.2 Å². The first kappa shape index (κ1) is 20.4. The summed E-state index contributed by atoms with van der Waals surface area (Å²) in [5.74, 6) is 1.05. The summed E-state index contributed by atoms with van der Waals surface area (Å²) in [6.07, 6.45) is 7.12. The van der Waals surface area contributed by atoms with E-state index >= 15 is 0 Å². The molecule has 0 saturated carbocycles. The zero-order valence-electron chi connectivity index (χ0n) is 17.5. The number of aryl methyl sites for hydroxylation is 1. The van der Waals surface area contributed by atoms with Gasteiger partial charge >= 0.3 is 5.97 Å². The molecule has 1 aromatic heterocycles. The highest BCUT2D eigenvalue weighted by Crippen LogP contribution is 2.26. The minimum Gasteiger partial charge on any atom is -0.463 e. The maximum atomic E-state index is 11.4. The Morgan fingerprint density at radius 2 is 1.65 bits per heavy atom. The number of hydrogen-bond acceptors (Lipinski definition) is 4. The second-order valence-electron chi connectivity index (χ2n) is 7.11. The number of carbonyl (C=O) groups excluding carboxylic acids is 1. The number of carbonyl (C=O) groups is 1. The summed E-state index contributed by atoms with van der Waals surface area (Å²) in [7, 11) is 0. The number of ether oxygens (including phenoxy) is 1. The van der Waals surface area contributed by atoms with Crippen LogP contribution >= 0.6 is 0 Å². The van der Waals surface area contributed by atoms with Gasteiger partial charge in [-0.15, -0.1) is 0 Å². The second-order valence-corrected chi connectivity index (χ2v) is 7.11. The number of oxazole rings is 1. The molecular weight excluding hydrogens is 386 g/mol. The Kier molecular flexibility index (Phi) is 6.08. The third kappa shape index (κ3) is 4.98. The molecule has 0 bridgehead atoms. The predicted molar refractivity (Wildman–Crippen MR) is 125 cm³/mol. The van der Waals surface area contributed by atoms with Crippen LogP contribution in [0.15, 0.2) is 77.2 Å². The smallest absolute Gasteiger partial charge is 0.330 e. The Hall–Kier alpha value is -3.92. The molecule has 4 heteroatoms. The van der Waals surface area contributed by atoms with Gasteiger partial charge in [0, 0.05) is 11.6 Å². The van der Waals surface area contributed by atoms with Gasteiger partial charge in [0.15, 0.2) is 0 Å². The van der Waals surface area contributed by atoms with Crippen LogP contribution in [0.5, 0.6) is 0 Å². The molecule has 4 rings (SSSR count). The number of fused-ring (bicyclic) bond motifs is 1. The fraction of sp³-hybridized carbons (Fsp3) is 0.111. The van der Waals surface area contributed by atoms with E-state index in [1.54, 1.807) is 13.0 Å². The third-order valence-electron chi connectivity index (χ3n) is 4.90. The maximum absolute atomic E-state index is 11.4. The maximum Gasteiger partial charge on any atom is 0.330 e. The van der Waals surface area contributed by atoms with Crippen molar-refractivity contribution in [3.05, 3.63) is 95.4 Å². The molecule has 31 heavy (non-hydrogen) atoms. The van der Waals surface area contributed by atoms with Gasteiger partial charge in [-0.2, -0.15) is 0 Å². The molecule has 0 unspecified atom stereocenters. The number of nitrogens with zero attached hydrogens (tertiary/aromatic N) is 1. The average molecular weight is 409 g/mol. The van der Waals surface area contributed by atoms with Crippen molar-refractivity contribution in [3.63, 3.8) is 0 Å². The van der Waals surface area contributed by atoms with Crippen molar-refractivity contribution in [2.24, 2.45) is 0 Å². The molecule has 0 amide bonds. The first-order valence-electron chi connectivity index (χ1n) is 10.2. The third-order valence-corrected chi connectivity index (χ3v) is 4.90. The molecule has 0 spiro atoms. The highest BCUT2D eigenvalue weighted by molar-refractivity contribution is 5.87. The van der Waals surface area contributed by atoms with Crippen molar-refractivity contribution < 1.29 is 13.9 Å². The molecular formula is C27H23NO3. The van der Waals surface area contributed by atoms with E-state index in [-0.39, 0.29) is 5.97 Å². The van der Waals surface area contributed by atoms with Crippen molar-refractivity contribution in [1.82, 2.24) is 4.98 Å². The Morgan fingerprint density at radius 1 is 0.935 bits per heavy atom. The summed E-state index contributed by atoms with van der Waals surface area (Å²) in [5, 5.41) is 2.35. The van der Waals surface area contributed by atoms with Gasteiger partial charge in [-0.05, 0) is 60.0 Å². The lowest BCUT2D eigenvalue weighted by Crippen LogP contribution is -1.98. The average Bonchev–Trinajstić information content (AvgIpc) is 3.17. The molecule has 4 nitrogen and oxygen atoms in total. The van der Waals surface area contributed by atoms with Crippen molar-refractivity contribution in [2.45, 2.75) is 13.8 Å². The summed E-state index contributed by atoms with van der Waals surface area (Å²) in [6, 6.07) is 22.3.